The van der Waals surface area contributed by atoms with Gasteiger partial charge in [0.05, 0.1) is 6.20 Å². The van der Waals surface area contributed by atoms with Crippen LogP contribution < -0.4 is 10.2 Å². The van der Waals surface area contributed by atoms with Crippen molar-refractivity contribution in [3.8, 4) is 0 Å². The summed E-state index contributed by atoms with van der Waals surface area (Å²) in [5.41, 5.74) is 3.32. The van der Waals surface area contributed by atoms with E-state index < -0.39 is 0 Å². The molecule has 1 aliphatic heterocycles. The van der Waals surface area contributed by atoms with Crippen molar-refractivity contribution < 1.29 is 4.79 Å². The van der Waals surface area contributed by atoms with E-state index in [1.54, 1.807) is 13.1 Å². The molecule has 1 N–H and O–H groups in total. The summed E-state index contributed by atoms with van der Waals surface area (Å²) < 4.78 is 0. The Morgan fingerprint density at radius 3 is 2.38 bits per heavy atom. The van der Waals surface area contributed by atoms with Crippen LogP contribution in [0.1, 0.15) is 18.1 Å². The molecule has 0 saturated carbocycles. The van der Waals surface area contributed by atoms with Crippen LogP contribution in [0.5, 0.6) is 0 Å². The van der Waals surface area contributed by atoms with Crippen molar-refractivity contribution in [2.45, 2.75) is 20.8 Å². The number of rotatable bonds is 3. The van der Waals surface area contributed by atoms with Crippen LogP contribution in [0, 0.1) is 13.8 Å². The van der Waals surface area contributed by atoms with E-state index in [4.69, 9.17) is 0 Å². The molecule has 0 unspecified atom stereocenters. The molecule has 126 valence electrons. The summed E-state index contributed by atoms with van der Waals surface area (Å²) in [6, 6.07) is 6.22. The molecular formula is C17H22N6O. The van der Waals surface area contributed by atoms with Crippen LogP contribution in [0.3, 0.4) is 0 Å². The topological polar surface area (TPSA) is 74.2 Å². The number of aromatic nitrogens is 3. The average Bonchev–Trinajstić information content (AvgIpc) is 2.54. The molecule has 0 spiro atoms. The summed E-state index contributed by atoms with van der Waals surface area (Å²) in [5.74, 6) is 1.37. The first-order chi connectivity index (χ1) is 11.5. The molecule has 1 amide bonds. The van der Waals surface area contributed by atoms with Crippen LogP contribution in [0.4, 0.5) is 17.5 Å². The van der Waals surface area contributed by atoms with E-state index >= 15 is 0 Å². The molecule has 0 radical (unpaired) electrons. The summed E-state index contributed by atoms with van der Waals surface area (Å²) in [6.45, 7) is 8.64. The number of carbonyl (C=O) groups is 1. The molecule has 7 nitrogen and oxygen atoms in total. The first-order valence-electron chi connectivity index (χ1n) is 8.07. The minimum atomic E-state index is 0.118. The van der Waals surface area contributed by atoms with Gasteiger partial charge in [0.2, 0.25) is 11.9 Å². The second kappa shape index (κ2) is 6.82. The van der Waals surface area contributed by atoms with Gasteiger partial charge in [-0.2, -0.15) is 10.1 Å². The zero-order valence-electron chi connectivity index (χ0n) is 14.3. The van der Waals surface area contributed by atoms with E-state index in [0.29, 0.717) is 19.0 Å². The predicted octanol–water partition coefficient (Wildman–Crippen LogP) is 1.90. The maximum Gasteiger partial charge on any atom is 0.249 e. The van der Waals surface area contributed by atoms with Gasteiger partial charge in [0.1, 0.15) is 0 Å². The summed E-state index contributed by atoms with van der Waals surface area (Å²) in [4.78, 5) is 19.9. The first-order valence-corrected chi connectivity index (χ1v) is 8.07. The van der Waals surface area contributed by atoms with Crippen LogP contribution in [-0.4, -0.2) is 52.2 Å². The smallest absolute Gasteiger partial charge is 0.249 e. The lowest BCUT2D eigenvalue weighted by Crippen LogP contribution is -2.48. The molecule has 2 aromatic rings. The number of aryl methyl sites for hydroxylation is 2. The van der Waals surface area contributed by atoms with Crippen molar-refractivity contribution >= 4 is 23.4 Å². The fourth-order valence-electron chi connectivity index (χ4n) is 2.93. The molecule has 7 heteroatoms. The van der Waals surface area contributed by atoms with Crippen LogP contribution in [0.15, 0.2) is 24.4 Å². The van der Waals surface area contributed by atoms with Gasteiger partial charge in [-0.15, -0.1) is 5.10 Å². The molecule has 0 bridgehead atoms. The lowest BCUT2D eigenvalue weighted by molar-refractivity contribution is -0.129. The van der Waals surface area contributed by atoms with Gasteiger partial charge in [-0.1, -0.05) is 6.07 Å². The van der Waals surface area contributed by atoms with E-state index in [0.717, 1.165) is 24.6 Å². The molecule has 0 atom stereocenters. The summed E-state index contributed by atoms with van der Waals surface area (Å²) in [6.07, 6.45) is 1.66. The minimum absolute atomic E-state index is 0.118. The van der Waals surface area contributed by atoms with Gasteiger partial charge in [-0.3, -0.25) is 4.79 Å². The Morgan fingerprint density at radius 2 is 1.75 bits per heavy atom. The lowest BCUT2D eigenvalue weighted by atomic mass is 10.1. The molecule has 1 aromatic carbocycles. The molecular weight excluding hydrogens is 304 g/mol. The quantitative estimate of drug-likeness (QED) is 0.928. The second-order valence-electron chi connectivity index (χ2n) is 6.13. The number of anilines is 3. The Balaban J connectivity index is 1.71. The highest BCUT2D eigenvalue weighted by atomic mass is 16.2. The van der Waals surface area contributed by atoms with E-state index in [2.05, 4.69) is 57.4 Å². The van der Waals surface area contributed by atoms with Crippen LogP contribution >= 0.6 is 0 Å². The largest absolute Gasteiger partial charge is 0.352 e. The average molecular weight is 326 g/mol. The second-order valence-corrected chi connectivity index (χ2v) is 6.13. The van der Waals surface area contributed by atoms with Crippen LogP contribution in [-0.2, 0) is 4.79 Å². The molecule has 1 fully saturated rings. The maximum absolute atomic E-state index is 11.4. The Labute approximate surface area is 141 Å². The number of carbonyl (C=O) groups excluding carboxylic acids is 1. The van der Waals surface area contributed by atoms with Gasteiger partial charge in [0.25, 0.3) is 0 Å². The fraction of sp³-hybridized carbons (Fsp3) is 0.412. The van der Waals surface area contributed by atoms with Gasteiger partial charge in [-0.25, -0.2) is 0 Å². The highest BCUT2D eigenvalue weighted by molar-refractivity contribution is 5.73. The third-order valence-electron chi connectivity index (χ3n) is 4.07. The SMILES string of the molecule is CC(=O)N1CCN(c2cnnc(Nc3cc(C)cc(C)c3)n2)CC1. The number of hydrogen-bond acceptors (Lipinski definition) is 6. The van der Waals surface area contributed by atoms with Gasteiger partial charge >= 0.3 is 0 Å². The summed E-state index contributed by atoms with van der Waals surface area (Å²) in [5, 5.41) is 11.3. The molecule has 0 aliphatic carbocycles. The van der Waals surface area contributed by atoms with E-state index in [1.165, 1.54) is 11.1 Å². The number of nitrogens with zero attached hydrogens (tertiary/aromatic N) is 5. The molecule has 24 heavy (non-hydrogen) atoms. The number of amides is 1. The summed E-state index contributed by atoms with van der Waals surface area (Å²) in [7, 11) is 0. The van der Waals surface area contributed by atoms with Crippen molar-refractivity contribution in [2.75, 3.05) is 36.4 Å². The van der Waals surface area contributed by atoms with Gasteiger partial charge < -0.3 is 15.1 Å². The molecule has 1 aliphatic rings. The predicted molar refractivity (Wildman–Crippen MR) is 93.5 cm³/mol. The lowest BCUT2D eigenvalue weighted by Gasteiger charge is -2.34. The highest BCUT2D eigenvalue weighted by Crippen LogP contribution is 2.19. The molecule has 2 heterocycles. The highest BCUT2D eigenvalue weighted by Gasteiger charge is 2.20. The Kier molecular flexibility index (Phi) is 4.59. The number of hydrogen-bond donors (Lipinski definition) is 1. The Bertz CT molecular complexity index is 719. The number of piperazine rings is 1. The zero-order valence-corrected chi connectivity index (χ0v) is 14.3. The standard InChI is InChI=1S/C17H22N6O/c1-12-8-13(2)10-15(9-12)19-17-20-16(11-18-21-17)23-6-4-22(5-7-23)14(3)24/h8-11H,4-7H2,1-3H3,(H,19,20,21). The molecule has 1 aromatic heterocycles. The van der Waals surface area contributed by atoms with Crippen molar-refractivity contribution in [3.05, 3.63) is 35.5 Å². The van der Waals surface area contributed by atoms with Gasteiger partial charge in [-0.05, 0) is 37.1 Å². The van der Waals surface area contributed by atoms with Crippen molar-refractivity contribution in [1.82, 2.24) is 20.1 Å². The van der Waals surface area contributed by atoms with E-state index in [1.807, 2.05) is 4.90 Å². The molecule has 1 saturated heterocycles. The Hall–Kier alpha value is -2.70. The fourth-order valence-corrected chi connectivity index (χ4v) is 2.93. The van der Waals surface area contributed by atoms with Crippen LogP contribution in [0.2, 0.25) is 0 Å². The summed E-state index contributed by atoms with van der Waals surface area (Å²) >= 11 is 0. The Morgan fingerprint density at radius 1 is 1.08 bits per heavy atom. The number of benzene rings is 1. The molecule has 3 rings (SSSR count). The normalized spacial score (nSPS) is 14.6. The third-order valence-corrected chi connectivity index (χ3v) is 4.07. The maximum atomic E-state index is 11.4. The van der Waals surface area contributed by atoms with Crippen molar-refractivity contribution in [2.24, 2.45) is 0 Å². The van der Waals surface area contributed by atoms with Crippen molar-refractivity contribution in [3.63, 3.8) is 0 Å². The van der Waals surface area contributed by atoms with Gasteiger partial charge in [0.15, 0.2) is 5.82 Å². The third kappa shape index (κ3) is 3.79. The van der Waals surface area contributed by atoms with Crippen LogP contribution in [0.25, 0.3) is 0 Å². The minimum Gasteiger partial charge on any atom is -0.352 e. The first kappa shape index (κ1) is 16.2. The van der Waals surface area contributed by atoms with Crippen molar-refractivity contribution in [1.29, 1.82) is 0 Å². The van der Waals surface area contributed by atoms with Gasteiger partial charge in [0, 0.05) is 38.8 Å². The van der Waals surface area contributed by atoms with E-state index in [9.17, 15) is 4.79 Å². The zero-order chi connectivity index (χ0) is 17.1. The number of nitrogens with one attached hydrogen (secondary N) is 1. The monoisotopic (exact) mass is 326 g/mol. The van der Waals surface area contributed by atoms with E-state index in [-0.39, 0.29) is 5.91 Å².